The van der Waals surface area contributed by atoms with E-state index in [1.54, 1.807) is 12.1 Å². The predicted octanol–water partition coefficient (Wildman–Crippen LogP) is 3.24. The molecule has 2 N–H and O–H groups in total. The first-order chi connectivity index (χ1) is 17.5. The van der Waals surface area contributed by atoms with Crippen molar-refractivity contribution in [2.75, 3.05) is 19.6 Å². The van der Waals surface area contributed by atoms with Gasteiger partial charge in [-0.3, -0.25) is 9.59 Å². The van der Waals surface area contributed by atoms with E-state index in [0.717, 1.165) is 43.1 Å². The molecule has 2 aliphatic heterocycles. The van der Waals surface area contributed by atoms with Crippen LogP contribution in [-0.4, -0.2) is 47.9 Å². The minimum Gasteiger partial charge on any atom is -0.444 e. The summed E-state index contributed by atoms with van der Waals surface area (Å²) in [5.41, 5.74) is 4.68. The summed E-state index contributed by atoms with van der Waals surface area (Å²) < 4.78 is 6.30. The monoisotopic (exact) mass is 482 g/mol. The van der Waals surface area contributed by atoms with Gasteiger partial charge < -0.3 is 15.0 Å². The molecule has 4 aliphatic rings. The number of piperidine rings is 1. The third-order valence-corrected chi connectivity index (χ3v) is 7.86. The Morgan fingerprint density at radius 1 is 1.11 bits per heavy atom. The van der Waals surface area contributed by atoms with E-state index < -0.39 is 5.92 Å². The maximum Gasteiger partial charge on any atom is 0.246 e. The molecule has 1 fully saturated rings. The van der Waals surface area contributed by atoms with E-state index in [-0.39, 0.29) is 11.6 Å². The number of aryl methyl sites for hydroxylation is 1. The maximum absolute atomic E-state index is 13.8. The number of carbonyl (C=O) groups is 2. The van der Waals surface area contributed by atoms with Crippen LogP contribution in [-0.2, 0) is 0 Å². The zero-order valence-corrected chi connectivity index (χ0v) is 20.9. The van der Waals surface area contributed by atoms with Crippen LogP contribution in [0.15, 0.2) is 65.6 Å². The molecule has 36 heavy (non-hydrogen) atoms. The highest BCUT2D eigenvalue weighted by atomic mass is 16.5. The van der Waals surface area contributed by atoms with Crippen molar-refractivity contribution in [3.8, 4) is 5.75 Å². The lowest BCUT2D eigenvalue weighted by atomic mass is 9.72. The van der Waals surface area contributed by atoms with Crippen LogP contribution in [0.1, 0.15) is 58.9 Å². The largest absolute Gasteiger partial charge is 0.444 e. The second kappa shape index (κ2) is 9.17. The fourth-order valence-corrected chi connectivity index (χ4v) is 5.88. The van der Waals surface area contributed by atoms with Gasteiger partial charge in [-0.1, -0.05) is 36.8 Å². The van der Waals surface area contributed by atoms with Gasteiger partial charge in [0, 0.05) is 53.7 Å². The normalized spacial score (nSPS) is 23.1. The Morgan fingerprint density at radius 2 is 1.94 bits per heavy atom. The number of ether oxygens (including phenoxy) is 1. The van der Waals surface area contributed by atoms with E-state index in [9.17, 15) is 9.59 Å². The molecule has 6 nitrogen and oxygen atoms in total. The summed E-state index contributed by atoms with van der Waals surface area (Å²) in [4.78, 5) is 33.5. The zero-order valence-electron chi connectivity index (χ0n) is 20.9. The summed E-state index contributed by atoms with van der Waals surface area (Å²) in [5, 5.41) is 3.51. The van der Waals surface area contributed by atoms with Gasteiger partial charge in [-0.25, -0.2) is 4.99 Å². The molecular weight excluding hydrogens is 450 g/mol. The van der Waals surface area contributed by atoms with Crippen LogP contribution in [0.25, 0.3) is 0 Å². The Bertz CT molecular complexity index is 1350. The van der Waals surface area contributed by atoms with Gasteiger partial charge in [-0.05, 0) is 51.3 Å². The van der Waals surface area contributed by atoms with E-state index >= 15 is 0 Å². The number of allylic oxidation sites excluding steroid dienone is 3. The van der Waals surface area contributed by atoms with Crippen LogP contribution in [0.3, 0.4) is 0 Å². The Hall–Kier alpha value is -3.51. The predicted molar refractivity (Wildman–Crippen MR) is 139 cm³/mol. The third-order valence-electron chi connectivity index (χ3n) is 7.86. The Morgan fingerprint density at radius 3 is 2.78 bits per heavy atom. The number of ketones is 2. The second-order valence-corrected chi connectivity index (χ2v) is 10.3. The van der Waals surface area contributed by atoms with Crippen LogP contribution in [0, 0.1) is 12.8 Å². The fourth-order valence-electron chi connectivity index (χ4n) is 5.88. The number of hydrogen-bond donors (Lipinski definition) is 2. The number of nitrogens with zero attached hydrogens (tertiary/aromatic N) is 1. The molecule has 2 atom stereocenters. The Balaban J connectivity index is 1.35. The molecule has 2 aliphatic carbocycles. The molecule has 6 rings (SSSR count). The topological polar surface area (TPSA) is 72.6 Å². The summed E-state index contributed by atoms with van der Waals surface area (Å²) in [5.74, 6) is 0.429. The van der Waals surface area contributed by atoms with Crippen molar-refractivity contribution < 1.29 is 19.3 Å². The highest BCUT2D eigenvalue weighted by Gasteiger charge is 2.49. The van der Waals surface area contributed by atoms with Gasteiger partial charge in [-0.15, -0.1) is 0 Å². The number of Topliss-reactive ketones (excluding diaryl/α,β-unsaturated/α-hetero) is 2. The number of rotatable bonds is 5. The molecule has 0 radical (unpaired) electrons. The highest BCUT2D eigenvalue weighted by molar-refractivity contribution is 6.32. The molecule has 2 heterocycles. The van der Waals surface area contributed by atoms with Crippen molar-refractivity contribution in [3.05, 3.63) is 82.3 Å². The smallest absolute Gasteiger partial charge is 0.246 e. The van der Waals surface area contributed by atoms with Crippen molar-refractivity contribution >= 4 is 23.0 Å². The average Bonchev–Trinajstić information content (AvgIpc) is 2.89. The highest BCUT2D eigenvalue weighted by Crippen LogP contribution is 2.38. The molecule has 0 amide bonds. The third kappa shape index (κ3) is 3.90. The number of fused-ring (bicyclic) bond motifs is 5. The molecule has 2 aromatic carbocycles. The molecule has 1 saturated heterocycles. The fraction of sp³-hybridized carbons (Fsp3) is 0.367. The first-order valence-electron chi connectivity index (χ1n) is 13.1. The molecule has 6 heteroatoms. The number of carbonyl (C=O) groups excluding carboxylic acids is 2. The van der Waals surface area contributed by atoms with Crippen LogP contribution in [0.4, 0.5) is 5.69 Å². The van der Waals surface area contributed by atoms with Crippen LogP contribution < -0.4 is 15.0 Å². The summed E-state index contributed by atoms with van der Waals surface area (Å²) in [6, 6.07) is 13.7. The number of benzene rings is 2. The zero-order chi connectivity index (χ0) is 24.8. The van der Waals surface area contributed by atoms with E-state index in [2.05, 4.69) is 22.1 Å². The van der Waals surface area contributed by atoms with Crippen molar-refractivity contribution in [2.45, 2.75) is 45.6 Å². The van der Waals surface area contributed by atoms with Crippen molar-refractivity contribution in [1.82, 2.24) is 10.2 Å². The summed E-state index contributed by atoms with van der Waals surface area (Å²) in [6.07, 6.45) is 6.69. The second-order valence-electron chi connectivity index (χ2n) is 10.3. The number of hydrogen-bond acceptors (Lipinski definition) is 5. The molecular formula is C30H32N3O3+. The van der Waals surface area contributed by atoms with Gasteiger partial charge in [0.1, 0.15) is 5.92 Å². The van der Waals surface area contributed by atoms with Gasteiger partial charge in [0.05, 0.1) is 0 Å². The quantitative estimate of drug-likeness (QED) is 0.641. The molecule has 0 bridgehead atoms. The average molecular weight is 483 g/mol. The Labute approximate surface area is 211 Å². The molecule has 1 unspecified atom stereocenters. The maximum atomic E-state index is 13.8. The van der Waals surface area contributed by atoms with E-state index in [1.807, 2.05) is 43.3 Å². The molecule has 0 saturated carbocycles. The number of nitrogens with one attached hydrogen (secondary N) is 2. The first-order valence-corrected chi connectivity index (χ1v) is 13.1. The van der Waals surface area contributed by atoms with Crippen LogP contribution in [0.5, 0.6) is 5.75 Å². The van der Waals surface area contributed by atoms with Crippen molar-refractivity contribution in [1.29, 1.82) is 0 Å². The molecule has 0 spiro atoms. The van der Waals surface area contributed by atoms with Gasteiger partial charge in [0.15, 0.2) is 23.1 Å². The molecule has 0 aromatic heterocycles. The summed E-state index contributed by atoms with van der Waals surface area (Å²) in [7, 11) is 0. The van der Waals surface area contributed by atoms with E-state index in [4.69, 9.17) is 4.74 Å². The lowest BCUT2D eigenvalue weighted by Gasteiger charge is -2.33. The van der Waals surface area contributed by atoms with Crippen molar-refractivity contribution in [3.63, 3.8) is 0 Å². The van der Waals surface area contributed by atoms with E-state index in [0.29, 0.717) is 39.9 Å². The van der Waals surface area contributed by atoms with Gasteiger partial charge in [0.2, 0.25) is 11.4 Å². The van der Waals surface area contributed by atoms with Gasteiger partial charge in [-0.2, -0.15) is 0 Å². The first kappa shape index (κ1) is 22.9. The summed E-state index contributed by atoms with van der Waals surface area (Å²) >= 11 is 0. The lowest BCUT2D eigenvalue weighted by molar-refractivity contribution is -0.361. The summed E-state index contributed by atoms with van der Waals surface area (Å²) in [6.45, 7) is 7.23. The molecule has 2 aromatic rings. The van der Waals surface area contributed by atoms with Crippen LogP contribution >= 0.6 is 0 Å². The van der Waals surface area contributed by atoms with E-state index in [1.165, 1.54) is 19.3 Å². The molecule has 184 valence electrons. The minimum atomic E-state index is -0.716. The van der Waals surface area contributed by atoms with Crippen LogP contribution in [0.2, 0.25) is 0 Å². The van der Waals surface area contributed by atoms with Gasteiger partial charge >= 0.3 is 0 Å². The SMILES string of the molecule is Cc1ccc2c(c1)OC1=CC(NCCCN3CCCC[C@H]3C)=C3C(=O)c4ccccc4C(=O)C3C1=[NH+]2. The number of likely N-dealkylation sites (tertiary alicyclic amines) is 1. The Kier molecular flexibility index (Phi) is 5.84. The van der Waals surface area contributed by atoms with Gasteiger partial charge in [0.25, 0.3) is 0 Å². The minimum absolute atomic E-state index is 0.0751. The van der Waals surface area contributed by atoms with Crippen molar-refractivity contribution in [2.24, 2.45) is 5.92 Å². The standard InChI is InChI=1S/C30H31N3O3/c1-18-11-12-22-24(16-18)36-25-17-23(31-13-7-15-33-14-6-5-8-19(33)2)26-27(28(25)32-22)30(35)21-10-4-3-9-20(21)29(26)34/h3-4,9-12,16-17,19,27,31H,5-8,13-15H2,1-2H3/p+1/t19-,27?/m1/s1. The lowest BCUT2D eigenvalue weighted by Crippen LogP contribution is -2.72.